The van der Waals surface area contributed by atoms with Crippen LogP contribution in [0.15, 0.2) is 19.0 Å². The maximum atomic E-state index is 4.41. The lowest BCUT2D eigenvalue weighted by molar-refractivity contribution is 1.36. The van der Waals surface area contributed by atoms with Crippen molar-refractivity contribution in [3.63, 3.8) is 0 Å². The van der Waals surface area contributed by atoms with E-state index in [9.17, 15) is 0 Å². The topological polar surface area (TPSA) is 25.8 Å². The van der Waals surface area contributed by atoms with Gasteiger partial charge in [0, 0.05) is 23.3 Å². The molecule has 0 fully saturated rings. The van der Waals surface area contributed by atoms with E-state index in [1.54, 1.807) is 0 Å². The van der Waals surface area contributed by atoms with Crippen LogP contribution in [0.5, 0.6) is 0 Å². The molecule has 0 aliphatic carbocycles. The normalized spacial score (nSPS) is 11.0. The average Bonchev–Trinajstić information content (AvgIpc) is 2.68. The summed E-state index contributed by atoms with van der Waals surface area (Å²) in [4.78, 5) is 4.17. The van der Waals surface area contributed by atoms with Crippen molar-refractivity contribution in [1.29, 1.82) is 0 Å². The second kappa shape index (κ2) is 4.44. The third-order valence-electron chi connectivity index (χ3n) is 2.19. The Bertz CT molecular complexity index is 626. The van der Waals surface area contributed by atoms with Crippen LogP contribution in [0.4, 0.5) is 0 Å². The van der Waals surface area contributed by atoms with E-state index >= 15 is 0 Å². The Morgan fingerprint density at radius 1 is 1.35 bits per heavy atom. The summed E-state index contributed by atoms with van der Waals surface area (Å²) in [5, 5.41) is 1.09. The molecular weight excluding hydrogens is 244 g/mol. The van der Waals surface area contributed by atoms with Crippen molar-refractivity contribution in [2.24, 2.45) is 0 Å². The second-order valence-electron chi connectivity index (χ2n) is 4.84. The van der Waals surface area contributed by atoms with Crippen LogP contribution < -0.4 is 0 Å². The van der Waals surface area contributed by atoms with E-state index in [1.165, 1.54) is 11.5 Å². The van der Waals surface area contributed by atoms with Crippen molar-refractivity contribution in [3.05, 3.63) is 30.2 Å². The van der Waals surface area contributed by atoms with Gasteiger partial charge in [-0.25, -0.2) is 0 Å². The van der Waals surface area contributed by atoms with Gasteiger partial charge >= 0.3 is 0 Å². The zero-order valence-electron chi connectivity index (χ0n) is 10.2. The van der Waals surface area contributed by atoms with Gasteiger partial charge < -0.3 is 0 Å². The van der Waals surface area contributed by atoms with Gasteiger partial charge in [-0.15, -0.1) is 5.54 Å². The Labute approximate surface area is 107 Å². The number of rotatable bonds is 1. The summed E-state index contributed by atoms with van der Waals surface area (Å²) < 4.78 is 5.48. The van der Waals surface area contributed by atoms with Crippen molar-refractivity contribution in [2.45, 2.75) is 19.6 Å². The van der Waals surface area contributed by atoms with Crippen molar-refractivity contribution in [1.82, 2.24) is 9.36 Å². The quantitative estimate of drug-likeness (QED) is 0.577. The summed E-state index contributed by atoms with van der Waals surface area (Å²) in [5.41, 5.74) is 5.22. The molecule has 0 aliphatic rings. The maximum absolute atomic E-state index is 4.41. The fraction of sp³-hybridized carbons (Fsp3) is 0.231. The molecule has 2 heterocycles. The minimum absolute atomic E-state index is 0.865. The molecule has 0 saturated carbocycles. The molecule has 2 rings (SSSR count). The summed E-state index contributed by atoms with van der Waals surface area (Å²) in [6, 6.07) is 0. The fourth-order valence-corrected chi connectivity index (χ4v) is 2.64. The molecule has 0 spiro atoms. The van der Waals surface area contributed by atoms with Gasteiger partial charge in [0.25, 0.3) is 0 Å². The summed E-state index contributed by atoms with van der Waals surface area (Å²) >= 11 is 1.45. The lowest BCUT2D eigenvalue weighted by Crippen LogP contribution is -2.16. The molecule has 0 amide bonds. The van der Waals surface area contributed by atoms with E-state index in [4.69, 9.17) is 0 Å². The lowest BCUT2D eigenvalue weighted by Gasteiger charge is -2.02. The zero-order valence-corrected chi connectivity index (χ0v) is 12.1. The van der Waals surface area contributed by atoms with Crippen LogP contribution in [-0.4, -0.2) is 17.4 Å². The number of hydrogen-bond acceptors (Lipinski definition) is 3. The largest absolute Gasteiger partial charge is 0.263 e. The zero-order chi connectivity index (χ0) is 12.5. The van der Waals surface area contributed by atoms with Crippen molar-refractivity contribution >= 4 is 35.8 Å². The molecular formula is C13H14N2SSi. The Morgan fingerprint density at radius 2 is 2.12 bits per heavy atom. The van der Waals surface area contributed by atoms with Gasteiger partial charge in [-0.2, -0.15) is 4.37 Å². The predicted octanol–water partition coefficient (Wildman–Crippen LogP) is 3.56. The van der Waals surface area contributed by atoms with Crippen molar-refractivity contribution in [2.75, 3.05) is 0 Å². The first-order valence-electron chi connectivity index (χ1n) is 5.40. The molecule has 86 valence electrons. The molecule has 0 N–H and O–H groups in total. The number of hydrogen-bond donors (Lipinski definition) is 0. The average molecular weight is 258 g/mol. The van der Waals surface area contributed by atoms with Gasteiger partial charge in [-0.1, -0.05) is 38.2 Å². The highest BCUT2D eigenvalue weighted by atomic mass is 32.1. The molecule has 2 nitrogen and oxygen atoms in total. The van der Waals surface area contributed by atoms with Crippen LogP contribution in [0.1, 0.15) is 11.3 Å². The molecule has 0 radical (unpaired) electrons. The lowest BCUT2D eigenvalue weighted by atomic mass is 10.1. The minimum atomic E-state index is -1.37. The third-order valence-corrected chi connectivity index (χ3v) is 3.84. The highest BCUT2D eigenvalue weighted by Crippen LogP contribution is 2.25. The van der Waals surface area contributed by atoms with Gasteiger partial charge in [0.1, 0.15) is 13.8 Å². The van der Waals surface area contributed by atoms with Gasteiger partial charge in [-0.3, -0.25) is 4.98 Å². The number of fused-ring (bicyclic) bond motifs is 1. The van der Waals surface area contributed by atoms with E-state index in [2.05, 4.69) is 47.0 Å². The van der Waals surface area contributed by atoms with Crippen LogP contribution in [0.25, 0.3) is 16.2 Å². The molecule has 0 aliphatic heterocycles. The molecule has 0 unspecified atom stereocenters. The van der Waals surface area contributed by atoms with E-state index in [0.29, 0.717) is 0 Å². The van der Waals surface area contributed by atoms with Crippen LogP contribution in [-0.2, 0) is 0 Å². The molecule has 0 atom stereocenters. The molecule has 0 saturated heterocycles. The molecule has 4 heteroatoms. The SMILES string of the molecule is C=Cc1cncc2snc(C#C[Si](C)(C)C)c12. The monoisotopic (exact) mass is 258 g/mol. The van der Waals surface area contributed by atoms with E-state index in [-0.39, 0.29) is 0 Å². The highest BCUT2D eigenvalue weighted by Gasteiger charge is 2.10. The Hall–Kier alpha value is -1.44. The number of pyridine rings is 1. The standard InChI is InChI=1S/C13H14N2SSi/c1-5-10-8-14-9-12-13(10)11(15-16-12)6-7-17(2,3)4/h5,8-9H,1H2,2-4H3. The van der Waals surface area contributed by atoms with Crippen LogP contribution in [0.2, 0.25) is 19.6 Å². The Kier molecular flexibility index (Phi) is 3.14. The van der Waals surface area contributed by atoms with Crippen LogP contribution in [0, 0.1) is 11.5 Å². The van der Waals surface area contributed by atoms with Gasteiger partial charge in [0.2, 0.25) is 0 Å². The fourth-order valence-electron chi connectivity index (χ4n) is 1.41. The smallest absolute Gasteiger partial charge is 0.134 e. The summed E-state index contributed by atoms with van der Waals surface area (Å²) in [6.07, 6.45) is 5.45. The van der Waals surface area contributed by atoms with Crippen molar-refractivity contribution < 1.29 is 0 Å². The molecule has 0 aromatic carbocycles. The minimum Gasteiger partial charge on any atom is -0.263 e. The molecule has 2 aromatic rings. The molecule has 2 aromatic heterocycles. The highest BCUT2D eigenvalue weighted by molar-refractivity contribution is 7.13. The molecule has 0 bridgehead atoms. The van der Waals surface area contributed by atoms with Gasteiger partial charge in [-0.05, 0) is 11.5 Å². The van der Waals surface area contributed by atoms with E-state index in [0.717, 1.165) is 21.3 Å². The Morgan fingerprint density at radius 3 is 2.76 bits per heavy atom. The van der Waals surface area contributed by atoms with Gasteiger partial charge in [0.15, 0.2) is 0 Å². The maximum Gasteiger partial charge on any atom is 0.134 e. The number of nitrogens with zero attached hydrogens (tertiary/aromatic N) is 2. The second-order valence-corrected chi connectivity index (χ2v) is 10.4. The third kappa shape index (κ3) is 2.63. The first-order valence-corrected chi connectivity index (χ1v) is 9.67. The number of aromatic nitrogens is 2. The van der Waals surface area contributed by atoms with E-state index < -0.39 is 8.07 Å². The summed E-state index contributed by atoms with van der Waals surface area (Å²) in [7, 11) is -1.37. The Balaban J connectivity index is 2.62. The molecule has 17 heavy (non-hydrogen) atoms. The van der Waals surface area contributed by atoms with Crippen LogP contribution >= 0.6 is 11.5 Å². The summed E-state index contributed by atoms with van der Waals surface area (Å²) in [5.74, 6) is 3.22. The van der Waals surface area contributed by atoms with Gasteiger partial charge in [0.05, 0.1) is 4.70 Å². The van der Waals surface area contributed by atoms with Crippen LogP contribution in [0.3, 0.4) is 0 Å². The predicted molar refractivity (Wildman–Crippen MR) is 77.7 cm³/mol. The summed E-state index contributed by atoms with van der Waals surface area (Å²) in [6.45, 7) is 10.5. The first kappa shape index (κ1) is 12.0. The first-order chi connectivity index (χ1) is 8.01. The van der Waals surface area contributed by atoms with E-state index in [1.807, 2.05) is 18.5 Å². The van der Waals surface area contributed by atoms with Crippen molar-refractivity contribution in [3.8, 4) is 11.5 Å².